The molecule has 1 aromatic rings. The van der Waals surface area contributed by atoms with Gasteiger partial charge in [-0.05, 0) is 31.4 Å². The smallest absolute Gasteiger partial charge is 0.410 e. The van der Waals surface area contributed by atoms with Crippen LogP contribution >= 0.6 is 0 Å². The van der Waals surface area contributed by atoms with Gasteiger partial charge in [0.25, 0.3) is 0 Å². The van der Waals surface area contributed by atoms with Crippen molar-refractivity contribution in [2.75, 3.05) is 13.1 Å². The van der Waals surface area contributed by atoms with Gasteiger partial charge < -0.3 is 15.4 Å². The van der Waals surface area contributed by atoms with Gasteiger partial charge in [0.1, 0.15) is 5.75 Å². The van der Waals surface area contributed by atoms with E-state index < -0.39 is 0 Å². The van der Waals surface area contributed by atoms with E-state index in [9.17, 15) is 4.79 Å². The van der Waals surface area contributed by atoms with Gasteiger partial charge in [-0.1, -0.05) is 18.2 Å². The molecular weight excluding hydrogens is 216 g/mol. The summed E-state index contributed by atoms with van der Waals surface area (Å²) in [5, 5.41) is 0. The first-order valence-corrected chi connectivity index (χ1v) is 5.94. The molecule has 0 saturated carbocycles. The number of carbonyl (C=O) groups excluding carboxylic acids is 1. The van der Waals surface area contributed by atoms with Crippen LogP contribution in [0.1, 0.15) is 13.3 Å². The molecule has 1 amide bonds. The minimum Gasteiger partial charge on any atom is -0.410 e. The molecule has 0 aliphatic carbocycles. The summed E-state index contributed by atoms with van der Waals surface area (Å²) in [7, 11) is 0. The van der Waals surface area contributed by atoms with Crippen molar-refractivity contribution in [2.45, 2.75) is 19.4 Å². The molecule has 1 aromatic carbocycles. The maximum absolute atomic E-state index is 11.8. The van der Waals surface area contributed by atoms with Crippen LogP contribution in [0.3, 0.4) is 0 Å². The van der Waals surface area contributed by atoms with Crippen molar-refractivity contribution in [3.8, 4) is 5.75 Å². The normalized spacial score (nSPS) is 21.3. The molecule has 0 spiro atoms. The van der Waals surface area contributed by atoms with Crippen LogP contribution in [0, 0.1) is 5.92 Å². The van der Waals surface area contributed by atoms with Crippen molar-refractivity contribution in [2.24, 2.45) is 11.7 Å². The SMILES string of the molecule is CC(N)C1CCN(C(=O)Oc2ccccc2)C1. The Balaban J connectivity index is 1.90. The topological polar surface area (TPSA) is 55.6 Å². The van der Waals surface area contributed by atoms with Crippen molar-refractivity contribution < 1.29 is 9.53 Å². The van der Waals surface area contributed by atoms with Gasteiger partial charge in [-0.15, -0.1) is 0 Å². The molecule has 1 heterocycles. The number of para-hydroxylation sites is 1. The van der Waals surface area contributed by atoms with Crippen LogP contribution < -0.4 is 10.5 Å². The van der Waals surface area contributed by atoms with Crippen molar-refractivity contribution in [3.63, 3.8) is 0 Å². The first-order valence-electron chi connectivity index (χ1n) is 5.94. The van der Waals surface area contributed by atoms with Crippen LogP contribution in [0.2, 0.25) is 0 Å². The van der Waals surface area contributed by atoms with Crippen LogP contribution in [0.25, 0.3) is 0 Å². The minimum absolute atomic E-state index is 0.129. The molecular formula is C13H18N2O2. The standard InChI is InChI=1S/C13H18N2O2/c1-10(14)11-7-8-15(9-11)13(16)17-12-5-3-2-4-6-12/h2-6,10-11H,7-9,14H2,1H3. The van der Waals surface area contributed by atoms with Gasteiger partial charge in [0.05, 0.1) is 0 Å². The molecule has 0 bridgehead atoms. The van der Waals surface area contributed by atoms with Gasteiger partial charge in [-0.3, -0.25) is 0 Å². The van der Waals surface area contributed by atoms with Crippen molar-refractivity contribution in [3.05, 3.63) is 30.3 Å². The van der Waals surface area contributed by atoms with Crippen molar-refractivity contribution in [1.82, 2.24) is 4.90 Å². The lowest BCUT2D eigenvalue weighted by Crippen LogP contribution is -2.34. The molecule has 4 nitrogen and oxygen atoms in total. The van der Waals surface area contributed by atoms with E-state index in [2.05, 4.69) is 0 Å². The summed E-state index contributed by atoms with van der Waals surface area (Å²) in [5.74, 6) is 0.972. The Kier molecular flexibility index (Phi) is 3.64. The fourth-order valence-electron chi connectivity index (χ4n) is 2.04. The average molecular weight is 234 g/mol. The Morgan fingerprint density at radius 3 is 2.76 bits per heavy atom. The molecule has 1 aliphatic heterocycles. The predicted molar refractivity (Wildman–Crippen MR) is 65.8 cm³/mol. The number of nitrogens with two attached hydrogens (primary N) is 1. The highest BCUT2D eigenvalue weighted by Crippen LogP contribution is 2.20. The van der Waals surface area contributed by atoms with Gasteiger partial charge in [-0.25, -0.2) is 4.79 Å². The van der Waals surface area contributed by atoms with Gasteiger partial charge in [0, 0.05) is 19.1 Å². The Bertz CT molecular complexity index is 378. The molecule has 2 N–H and O–H groups in total. The van der Waals surface area contributed by atoms with Crippen LogP contribution in [0.5, 0.6) is 5.75 Å². The highest BCUT2D eigenvalue weighted by Gasteiger charge is 2.29. The number of amides is 1. The molecule has 0 radical (unpaired) electrons. The lowest BCUT2D eigenvalue weighted by atomic mass is 10.0. The number of likely N-dealkylation sites (tertiary alicyclic amines) is 1. The van der Waals surface area contributed by atoms with Gasteiger partial charge in [0.15, 0.2) is 0 Å². The minimum atomic E-state index is -0.278. The fourth-order valence-corrected chi connectivity index (χ4v) is 2.04. The summed E-state index contributed by atoms with van der Waals surface area (Å²) >= 11 is 0. The highest BCUT2D eigenvalue weighted by molar-refractivity contribution is 5.71. The molecule has 1 aliphatic rings. The first kappa shape index (κ1) is 11.9. The maximum Gasteiger partial charge on any atom is 0.415 e. The predicted octanol–water partition coefficient (Wildman–Crippen LogP) is 1.85. The van der Waals surface area contributed by atoms with E-state index in [0.29, 0.717) is 18.2 Å². The highest BCUT2D eigenvalue weighted by atomic mass is 16.6. The monoisotopic (exact) mass is 234 g/mol. The third-order valence-electron chi connectivity index (χ3n) is 3.17. The van der Waals surface area contributed by atoms with Crippen LogP contribution in [0.15, 0.2) is 30.3 Å². The number of nitrogens with zero attached hydrogens (tertiary/aromatic N) is 1. The van der Waals surface area contributed by atoms with E-state index in [4.69, 9.17) is 10.5 Å². The molecule has 2 unspecified atom stereocenters. The summed E-state index contributed by atoms with van der Waals surface area (Å²) in [4.78, 5) is 13.6. The zero-order valence-corrected chi connectivity index (χ0v) is 10.0. The van der Waals surface area contributed by atoms with E-state index in [-0.39, 0.29) is 12.1 Å². The number of carbonyl (C=O) groups is 1. The third-order valence-corrected chi connectivity index (χ3v) is 3.17. The number of ether oxygens (including phenoxy) is 1. The van der Waals surface area contributed by atoms with E-state index in [1.54, 1.807) is 17.0 Å². The number of hydrogen-bond donors (Lipinski definition) is 1. The fraction of sp³-hybridized carbons (Fsp3) is 0.462. The summed E-state index contributed by atoms with van der Waals surface area (Å²) in [6.07, 6.45) is 0.681. The largest absolute Gasteiger partial charge is 0.415 e. The second-order valence-electron chi connectivity index (χ2n) is 4.53. The number of rotatable bonds is 2. The average Bonchev–Trinajstić information content (AvgIpc) is 2.79. The zero-order chi connectivity index (χ0) is 12.3. The second kappa shape index (κ2) is 5.19. The third kappa shape index (κ3) is 2.97. The molecule has 2 rings (SSSR count). The molecule has 92 valence electrons. The van der Waals surface area contributed by atoms with Gasteiger partial charge >= 0.3 is 6.09 Å². The Morgan fingerprint density at radius 2 is 2.18 bits per heavy atom. The Hall–Kier alpha value is -1.55. The summed E-state index contributed by atoms with van der Waals surface area (Å²) in [6.45, 7) is 3.41. The molecule has 0 aromatic heterocycles. The number of hydrogen-bond acceptors (Lipinski definition) is 3. The zero-order valence-electron chi connectivity index (χ0n) is 10.0. The van der Waals surface area contributed by atoms with Gasteiger partial charge in [0.2, 0.25) is 0 Å². The van der Waals surface area contributed by atoms with Crippen molar-refractivity contribution in [1.29, 1.82) is 0 Å². The van der Waals surface area contributed by atoms with E-state index in [1.807, 2.05) is 25.1 Å². The Morgan fingerprint density at radius 1 is 1.47 bits per heavy atom. The molecule has 1 fully saturated rings. The van der Waals surface area contributed by atoms with Crippen LogP contribution in [0.4, 0.5) is 4.79 Å². The maximum atomic E-state index is 11.8. The van der Waals surface area contributed by atoms with E-state index >= 15 is 0 Å². The van der Waals surface area contributed by atoms with Crippen LogP contribution in [-0.2, 0) is 0 Å². The molecule has 2 atom stereocenters. The van der Waals surface area contributed by atoms with Crippen molar-refractivity contribution >= 4 is 6.09 Å². The quantitative estimate of drug-likeness (QED) is 0.849. The van der Waals surface area contributed by atoms with Gasteiger partial charge in [-0.2, -0.15) is 0 Å². The lowest BCUT2D eigenvalue weighted by Gasteiger charge is -2.17. The summed E-state index contributed by atoms with van der Waals surface area (Å²) in [5.41, 5.74) is 5.83. The first-order chi connectivity index (χ1) is 8.16. The summed E-state index contributed by atoms with van der Waals surface area (Å²) < 4.78 is 5.27. The van der Waals surface area contributed by atoms with Crippen LogP contribution in [-0.4, -0.2) is 30.1 Å². The van der Waals surface area contributed by atoms with E-state index in [0.717, 1.165) is 13.0 Å². The van der Waals surface area contributed by atoms with E-state index in [1.165, 1.54) is 0 Å². The Labute approximate surface area is 101 Å². The molecule has 1 saturated heterocycles. The number of benzene rings is 1. The lowest BCUT2D eigenvalue weighted by molar-refractivity contribution is 0.160. The summed E-state index contributed by atoms with van der Waals surface area (Å²) in [6, 6.07) is 9.26. The molecule has 17 heavy (non-hydrogen) atoms. The second-order valence-corrected chi connectivity index (χ2v) is 4.53. The molecule has 4 heteroatoms.